The van der Waals surface area contributed by atoms with Crippen molar-refractivity contribution in [2.75, 3.05) is 13.6 Å². The molecule has 0 radical (unpaired) electrons. The van der Waals surface area contributed by atoms with Gasteiger partial charge in [0.1, 0.15) is 12.4 Å². The highest BCUT2D eigenvalue weighted by Crippen LogP contribution is 2.29. The predicted octanol–water partition coefficient (Wildman–Crippen LogP) is 0.174. The van der Waals surface area contributed by atoms with E-state index < -0.39 is 6.10 Å². The molecule has 1 aromatic carbocycles. The Labute approximate surface area is 185 Å². The van der Waals surface area contributed by atoms with E-state index in [1.165, 1.54) is 18.7 Å². The number of rotatable bonds is 8. The van der Waals surface area contributed by atoms with Gasteiger partial charge in [0.05, 0.1) is 19.7 Å². The van der Waals surface area contributed by atoms with Crippen LogP contribution in [0.25, 0.3) is 0 Å². The number of aromatic nitrogens is 2. The molecule has 154 valence electrons. The lowest BCUT2D eigenvalue weighted by atomic mass is 10.1. The third-order valence-corrected chi connectivity index (χ3v) is 5.62. The number of carbonyl (C=O) groups is 1. The maximum atomic E-state index is 13.1. The van der Waals surface area contributed by atoms with Crippen molar-refractivity contribution in [3.63, 3.8) is 0 Å². The summed E-state index contributed by atoms with van der Waals surface area (Å²) in [5.41, 5.74) is 0.953. The molecule has 1 aromatic heterocycles. The van der Waals surface area contributed by atoms with Crippen molar-refractivity contribution in [1.29, 1.82) is 0 Å². The van der Waals surface area contributed by atoms with Crippen molar-refractivity contribution in [3.05, 3.63) is 54.1 Å². The quantitative estimate of drug-likeness (QED) is 0.386. The van der Waals surface area contributed by atoms with Crippen molar-refractivity contribution in [3.8, 4) is 0 Å². The van der Waals surface area contributed by atoms with Crippen molar-refractivity contribution in [2.45, 2.75) is 57.8 Å². The standard InChI is InChI=1S/C22H32N3O2.HI/c1-18-23(2)16-17-25(18)15-9-14-24(3)22(26)21(19-10-5-4-6-11-19)27-20-12-7-8-13-20;/h4-6,10-11,16-17,20-21H,7-9,12-15H2,1-3H3;1H/q+1;/p-1. The average Bonchev–Trinajstić information content (AvgIpc) is 3.31. The van der Waals surface area contributed by atoms with E-state index in [1.807, 2.05) is 49.3 Å². The number of amides is 1. The summed E-state index contributed by atoms with van der Waals surface area (Å²) >= 11 is 0. The Morgan fingerprint density at radius 2 is 1.96 bits per heavy atom. The molecule has 0 saturated heterocycles. The van der Waals surface area contributed by atoms with Crippen LogP contribution in [-0.2, 0) is 23.1 Å². The van der Waals surface area contributed by atoms with Gasteiger partial charge in [-0.15, -0.1) is 0 Å². The minimum Gasteiger partial charge on any atom is -1.00 e. The van der Waals surface area contributed by atoms with Crippen molar-refractivity contribution in [2.24, 2.45) is 7.05 Å². The van der Waals surface area contributed by atoms with Gasteiger partial charge in [0.2, 0.25) is 0 Å². The van der Waals surface area contributed by atoms with Crippen molar-refractivity contribution >= 4 is 5.91 Å². The summed E-state index contributed by atoms with van der Waals surface area (Å²) in [6.07, 6.45) is 9.30. The molecule has 1 atom stereocenters. The molecule has 1 aliphatic rings. The van der Waals surface area contributed by atoms with Crippen LogP contribution in [0.15, 0.2) is 42.7 Å². The van der Waals surface area contributed by atoms with E-state index in [2.05, 4.69) is 28.5 Å². The third kappa shape index (κ3) is 5.80. The highest BCUT2D eigenvalue weighted by atomic mass is 127. The van der Waals surface area contributed by atoms with Crippen LogP contribution in [0.4, 0.5) is 0 Å². The highest BCUT2D eigenvalue weighted by molar-refractivity contribution is 5.82. The lowest BCUT2D eigenvalue weighted by Crippen LogP contribution is -3.00. The zero-order chi connectivity index (χ0) is 19.2. The summed E-state index contributed by atoms with van der Waals surface area (Å²) < 4.78 is 10.6. The van der Waals surface area contributed by atoms with Gasteiger partial charge in [0.15, 0.2) is 6.10 Å². The van der Waals surface area contributed by atoms with E-state index in [4.69, 9.17) is 4.74 Å². The van der Waals surface area contributed by atoms with Gasteiger partial charge in [-0.2, -0.15) is 0 Å². The third-order valence-electron chi connectivity index (χ3n) is 5.62. The van der Waals surface area contributed by atoms with Gasteiger partial charge in [-0.25, -0.2) is 9.13 Å². The van der Waals surface area contributed by atoms with E-state index in [0.29, 0.717) is 0 Å². The fraction of sp³-hybridized carbons (Fsp3) is 0.545. The number of aryl methyl sites for hydroxylation is 2. The molecule has 1 amide bonds. The monoisotopic (exact) mass is 497 g/mol. The number of likely N-dealkylation sites (N-methyl/N-ethyl adjacent to an activating group) is 1. The maximum absolute atomic E-state index is 13.1. The first-order valence-corrected chi connectivity index (χ1v) is 10.0. The first kappa shape index (κ1) is 22.9. The van der Waals surface area contributed by atoms with Gasteiger partial charge in [0.25, 0.3) is 11.7 Å². The predicted molar refractivity (Wildman–Crippen MR) is 105 cm³/mol. The number of ether oxygens (including phenoxy) is 1. The SMILES string of the molecule is Cc1n(CCCN(C)C(=O)C(OC2CCCC2)c2ccccc2)cc[n+]1C.[I-]. The minimum absolute atomic E-state index is 0. The number of hydrogen-bond donors (Lipinski definition) is 0. The summed E-state index contributed by atoms with van der Waals surface area (Å²) in [4.78, 5) is 15.0. The summed E-state index contributed by atoms with van der Waals surface area (Å²) in [6, 6.07) is 9.91. The highest BCUT2D eigenvalue weighted by Gasteiger charge is 2.29. The second-order valence-electron chi connectivity index (χ2n) is 7.60. The normalized spacial score (nSPS) is 15.2. The topological polar surface area (TPSA) is 38.4 Å². The smallest absolute Gasteiger partial charge is 0.256 e. The average molecular weight is 497 g/mol. The van der Waals surface area contributed by atoms with E-state index in [-0.39, 0.29) is 36.0 Å². The Balaban J connectivity index is 0.00000280. The van der Waals surface area contributed by atoms with Crippen molar-refractivity contribution in [1.82, 2.24) is 9.47 Å². The molecule has 0 N–H and O–H groups in total. The molecule has 1 heterocycles. The molecule has 1 fully saturated rings. The molecule has 3 rings (SSSR count). The fourth-order valence-electron chi connectivity index (χ4n) is 3.75. The summed E-state index contributed by atoms with van der Waals surface area (Å²) in [5.74, 6) is 1.28. The number of halogens is 1. The van der Waals surface area contributed by atoms with Gasteiger partial charge in [-0.3, -0.25) is 4.79 Å². The van der Waals surface area contributed by atoms with Crippen LogP contribution < -0.4 is 28.5 Å². The number of carbonyl (C=O) groups excluding carboxylic acids is 1. The fourth-order valence-corrected chi connectivity index (χ4v) is 3.75. The minimum atomic E-state index is -0.495. The van der Waals surface area contributed by atoms with Gasteiger partial charge in [-0.05, 0) is 18.4 Å². The van der Waals surface area contributed by atoms with E-state index in [9.17, 15) is 4.79 Å². The van der Waals surface area contributed by atoms with E-state index in [1.54, 1.807) is 0 Å². The van der Waals surface area contributed by atoms with E-state index >= 15 is 0 Å². The van der Waals surface area contributed by atoms with E-state index in [0.717, 1.165) is 37.9 Å². The summed E-state index contributed by atoms with van der Waals surface area (Å²) in [5, 5.41) is 0. The zero-order valence-corrected chi connectivity index (χ0v) is 19.3. The molecule has 2 aromatic rings. The summed E-state index contributed by atoms with van der Waals surface area (Å²) in [7, 11) is 3.94. The van der Waals surface area contributed by atoms with Gasteiger partial charge in [0, 0.05) is 26.9 Å². The largest absolute Gasteiger partial charge is 1.00 e. The lowest BCUT2D eigenvalue weighted by molar-refractivity contribution is -0.677. The number of benzene rings is 1. The lowest BCUT2D eigenvalue weighted by Gasteiger charge is -2.26. The molecular formula is C22H32IN3O2. The van der Waals surface area contributed by atoms with Crippen LogP contribution in [0.1, 0.15) is 49.6 Å². The molecule has 0 aliphatic heterocycles. The van der Waals surface area contributed by atoms with Crippen LogP contribution in [0.5, 0.6) is 0 Å². The molecule has 1 aliphatic carbocycles. The molecule has 0 bridgehead atoms. The molecule has 0 spiro atoms. The molecule has 5 nitrogen and oxygen atoms in total. The Morgan fingerprint density at radius 3 is 2.57 bits per heavy atom. The van der Waals surface area contributed by atoms with Crippen LogP contribution in [0.2, 0.25) is 0 Å². The summed E-state index contributed by atoms with van der Waals surface area (Å²) in [6.45, 7) is 3.73. The van der Waals surface area contributed by atoms with Crippen LogP contribution >= 0.6 is 0 Å². The molecule has 28 heavy (non-hydrogen) atoms. The maximum Gasteiger partial charge on any atom is 0.256 e. The molecule has 1 saturated carbocycles. The second kappa shape index (κ2) is 11.0. The second-order valence-corrected chi connectivity index (χ2v) is 7.60. The molecular weight excluding hydrogens is 465 g/mol. The zero-order valence-electron chi connectivity index (χ0n) is 17.2. The Kier molecular flexibility index (Phi) is 8.95. The molecule has 1 unspecified atom stereocenters. The van der Waals surface area contributed by atoms with Crippen molar-refractivity contribution < 1.29 is 38.1 Å². The Hall–Kier alpha value is -1.41. The van der Waals surface area contributed by atoms with Gasteiger partial charge >= 0.3 is 0 Å². The number of imidazole rings is 1. The molecule has 6 heteroatoms. The first-order chi connectivity index (χ1) is 13.1. The van der Waals surface area contributed by atoms with Gasteiger partial charge in [-0.1, -0.05) is 43.2 Å². The first-order valence-electron chi connectivity index (χ1n) is 10.0. The Morgan fingerprint density at radius 1 is 1.29 bits per heavy atom. The van der Waals surface area contributed by atoms with Crippen LogP contribution in [0, 0.1) is 6.92 Å². The number of hydrogen-bond acceptors (Lipinski definition) is 2. The van der Waals surface area contributed by atoms with Crippen LogP contribution in [-0.4, -0.2) is 35.1 Å². The van der Waals surface area contributed by atoms with Crippen LogP contribution in [0.3, 0.4) is 0 Å². The number of nitrogens with zero attached hydrogens (tertiary/aromatic N) is 3. The van der Waals surface area contributed by atoms with Gasteiger partial charge < -0.3 is 33.6 Å². The Bertz CT molecular complexity index is 741.